The number of hydrogen-bond donors (Lipinski definition) is 2. The molecule has 0 aliphatic carbocycles. The first-order chi connectivity index (χ1) is 8.61. The number of nitrogens with zero attached hydrogens (tertiary/aromatic N) is 1. The second kappa shape index (κ2) is 5.35. The summed E-state index contributed by atoms with van der Waals surface area (Å²) < 4.78 is 13.1. The molecule has 0 unspecified atom stereocenters. The van der Waals surface area contributed by atoms with Crippen molar-refractivity contribution in [2.45, 2.75) is 25.4 Å². The minimum absolute atomic E-state index is 0.188. The van der Waals surface area contributed by atoms with E-state index in [1.54, 1.807) is 6.07 Å². The van der Waals surface area contributed by atoms with Crippen molar-refractivity contribution in [3.05, 3.63) is 35.1 Å². The molecule has 1 heterocycles. The Morgan fingerprint density at radius 3 is 2.61 bits per heavy atom. The van der Waals surface area contributed by atoms with Crippen molar-refractivity contribution >= 4 is 6.09 Å². The van der Waals surface area contributed by atoms with Crippen LogP contribution in [-0.2, 0) is 6.61 Å². The summed E-state index contributed by atoms with van der Waals surface area (Å²) in [4.78, 5) is 12.2. The van der Waals surface area contributed by atoms with E-state index in [0.29, 0.717) is 31.5 Å². The van der Waals surface area contributed by atoms with Gasteiger partial charge >= 0.3 is 6.09 Å². The first-order valence-corrected chi connectivity index (χ1v) is 5.99. The molecule has 2 N–H and O–H groups in total. The van der Waals surface area contributed by atoms with Crippen LogP contribution in [0.5, 0.6) is 0 Å². The molecule has 1 aliphatic heterocycles. The lowest BCUT2D eigenvalue weighted by atomic mass is 9.86. The van der Waals surface area contributed by atoms with Crippen molar-refractivity contribution in [3.63, 3.8) is 0 Å². The zero-order valence-electron chi connectivity index (χ0n) is 9.97. The van der Waals surface area contributed by atoms with Gasteiger partial charge in [0.2, 0.25) is 0 Å². The number of benzene rings is 1. The topological polar surface area (TPSA) is 60.8 Å². The molecule has 4 nitrogen and oxygen atoms in total. The van der Waals surface area contributed by atoms with Crippen molar-refractivity contribution < 1.29 is 19.4 Å². The molecule has 1 fully saturated rings. The summed E-state index contributed by atoms with van der Waals surface area (Å²) in [6.45, 7) is 0.788. The predicted octanol–water partition coefficient (Wildman–Crippen LogP) is 2.18. The van der Waals surface area contributed by atoms with Gasteiger partial charge in [-0.1, -0.05) is 6.07 Å². The number of likely N-dealkylation sites (tertiary alicyclic amines) is 1. The number of carboxylic acid groups (broad SMARTS) is 1. The van der Waals surface area contributed by atoms with E-state index in [-0.39, 0.29) is 18.3 Å². The molecular formula is C13H16FNO3. The minimum Gasteiger partial charge on any atom is -0.465 e. The monoisotopic (exact) mass is 253 g/mol. The summed E-state index contributed by atoms with van der Waals surface area (Å²) in [6, 6.07) is 4.43. The van der Waals surface area contributed by atoms with E-state index in [1.165, 1.54) is 17.0 Å². The predicted molar refractivity (Wildman–Crippen MR) is 63.9 cm³/mol. The van der Waals surface area contributed by atoms with Gasteiger partial charge in [0, 0.05) is 13.1 Å². The van der Waals surface area contributed by atoms with Crippen molar-refractivity contribution in [1.82, 2.24) is 4.90 Å². The lowest BCUT2D eigenvalue weighted by Gasteiger charge is -2.31. The Morgan fingerprint density at radius 1 is 1.39 bits per heavy atom. The summed E-state index contributed by atoms with van der Waals surface area (Å²) >= 11 is 0. The number of rotatable bonds is 2. The average molecular weight is 253 g/mol. The smallest absolute Gasteiger partial charge is 0.407 e. The molecule has 0 atom stereocenters. The van der Waals surface area contributed by atoms with Gasteiger partial charge in [-0.15, -0.1) is 0 Å². The van der Waals surface area contributed by atoms with Crippen LogP contribution in [0.3, 0.4) is 0 Å². The van der Waals surface area contributed by atoms with E-state index in [0.717, 1.165) is 5.56 Å². The second-order valence-corrected chi connectivity index (χ2v) is 4.55. The summed E-state index contributed by atoms with van der Waals surface area (Å²) in [7, 11) is 0. The number of aliphatic hydroxyl groups excluding tert-OH is 1. The summed E-state index contributed by atoms with van der Waals surface area (Å²) in [6.07, 6.45) is 0.533. The third-order valence-electron chi connectivity index (χ3n) is 3.48. The number of aliphatic hydroxyl groups is 1. The van der Waals surface area contributed by atoms with Crippen LogP contribution in [0.25, 0.3) is 0 Å². The first kappa shape index (κ1) is 12.8. The Hall–Kier alpha value is -1.62. The highest BCUT2D eigenvalue weighted by Gasteiger charge is 2.24. The van der Waals surface area contributed by atoms with Crippen molar-refractivity contribution in [3.8, 4) is 0 Å². The molecule has 0 radical (unpaired) electrons. The maximum atomic E-state index is 13.1. The fourth-order valence-electron chi connectivity index (χ4n) is 2.49. The van der Waals surface area contributed by atoms with Crippen molar-refractivity contribution in [2.24, 2.45) is 0 Å². The van der Waals surface area contributed by atoms with Crippen LogP contribution in [0.15, 0.2) is 18.2 Å². The highest BCUT2D eigenvalue weighted by Crippen LogP contribution is 2.30. The van der Waals surface area contributed by atoms with E-state index >= 15 is 0 Å². The molecule has 1 saturated heterocycles. The fourth-order valence-corrected chi connectivity index (χ4v) is 2.49. The molecule has 98 valence electrons. The minimum atomic E-state index is -0.894. The third kappa shape index (κ3) is 2.61. The van der Waals surface area contributed by atoms with Gasteiger partial charge in [0.05, 0.1) is 6.61 Å². The van der Waals surface area contributed by atoms with Gasteiger partial charge in [-0.3, -0.25) is 0 Å². The van der Waals surface area contributed by atoms with E-state index in [4.69, 9.17) is 5.11 Å². The molecule has 2 rings (SSSR count). The van der Waals surface area contributed by atoms with Crippen LogP contribution in [0.2, 0.25) is 0 Å². The Kier molecular flexibility index (Phi) is 3.81. The highest BCUT2D eigenvalue weighted by molar-refractivity contribution is 5.65. The first-order valence-electron chi connectivity index (χ1n) is 5.99. The van der Waals surface area contributed by atoms with Crippen LogP contribution in [0.4, 0.5) is 9.18 Å². The van der Waals surface area contributed by atoms with Crippen molar-refractivity contribution in [2.75, 3.05) is 13.1 Å². The molecule has 1 aliphatic rings. The van der Waals surface area contributed by atoms with Crippen LogP contribution in [-0.4, -0.2) is 34.3 Å². The third-order valence-corrected chi connectivity index (χ3v) is 3.48. The normalized spacial score (nSPS) is 16.9. The molecule has 0 bridgehead atoms. The molecule has 18 heavy (non-hydrogen) atoms. The van der Waals surface area contributed by atoms with Crippen molar-refractivity contribution in [1.29, 1.82) is 0 Å². The van der Waals surface area contributed by atoms with Crippen LogP contribution >= 0.6 is 0 Å². The van der Waals surface area contributed by atoms with Crippen LogP contribution in [0.1, 0.15) is 29.9 Å². The number of amides is 1. The molecule has 5 heteroatoms. The van der Waals surface area contributed by atoms with E-state index in [2.05, 4.69) is 0 Å². The summed E-state index contributed by atoms with van der Waals surface area (Å²) in [5.41, 5.74) is 1.53. The summed E-state index contributed by atoms with van der Waals surface area (Å²) in [5.74, 6) is -0.158. The second-order valence-electron chi connectivity index (χ2n) is 4.55. The Morgan fingerprint density at radius 2 is 2.06 bits per heavy atom. The summed E-state index contributed by atoms with van der Waals surface area (Å²) in [5, 5.41) is 18.1. The quantitative estimate of drug-likeness (QED) is 0.849. The Balaban J connectivity index is 2.12. The Bertz CT molecular complexity index is 442. The van der Waals surface area contributed by atoms with E-state index < -0.39 is 6.09 Å². The standard InChI is InChI=1S/C13H16FNO3/c14-11-1-2-12(10(7-11)8-16)9-3-5-15(6-4-9)13(17)18/h1-2,7,9,16H,3-6,8H2,(H,17,18). The van der Waals surface area contributed by atoms with Gasteiger partial charge in [-0.05, 0) is 42.0 Å². The lowest BCUT2D eigenvalue weighted by Crippen LogP contribution is -2.37. The maximum absolute atomic E-state index is 13.1. The van der Waals surface area contributed by atoms with Gasteiger partial charge in [0.25, 0.3) is 0 Å². The average Bonchev–Trinajstić information content (AvgIpc) is 2.38. The molecule has 0 spiro atoms. The SMILES string of the molecule is O=C(O)N1CCC(c2ccc(F)cc2CO)CC1. The lowest BCUT2D eigenvalue weighted by molar-refractivity contribution is 0.132. The highest BCUT2D eigenvalue weighted by atomic mass is 19.1. The molecule has 1 aromatic carbocycles. The van der Waals surface area contributed by atoms with Gasteiger partial charge < -0.3 is 15.1 Å². The molecule has 1 amide bonds. The molecule has 0 saturated carbocycles. The van der Waals surface area contributed by atoms with Gasteiger partial charge in [0.15, 0.2) is 0 Å². The van der Waals surface area contributed by atoms with Crippen LogP contribution in [0, 0.1) is 5.82 Å². The number of halogens is 1. The Labute approximate surface area is 105 Å². The van der Waals surface area contributed by atoms with E-state index in [1.807, 2.05) is 0 Å². The van der Waals surface area contributed by atoms with Gasteiger partial charge in [0.1, 0.15) is 5.82 Å². The molecule has 1 aromatic rings. The number of piperidine rings is 1. The largest absolute Gasteiger partial charge is 0.465 e. The molecular weight excluding hydrogens is 237 g/mol. The zero-order valence-corrected chi connectivity index (χ0v) is 9.97. The van der Waals surface area contributed by atoms with Gasteiger partial charge in [-0.25, -0.2) is 9.18 Å². The van der Waals surface area contributed by atoms with E-state index in [9.17, 15) is 14.3 Å². The number of carbonyl (C=O) groups is 1. The maximum Gasteiger partial charge on any atom is 0.407 e. The zero-order chi connectivity index (χ0) is 13.1. The van der Waals surface area contributed by atoms with Gasteiger partial charge in [-0.2, -0.15) is 0 Å². The van der Waals surface area contributed by atoms with Crippen LogP contribution < -0.4 is 0 Å². The fraction of sp³-hybridized carbons (Fsp3) is 0.462. The number of hydrogen-bond acceptors (Lipinski definition) is 2. The molecule has 0 aromatic heterocycles.